The molecule has 0 bridgehead atoms. The average molecular weight is 302 g/mol. The number of amides is 2. The van der Waals surface area contributed by atoms with E-state index in [0.717, 1.165) is 11.1 Å². The van der Waals surface area contributed by atoms with Gasteiger partial charge in [0.1, 0.15) is 6.04 Å². The zero-order valence-electron chi connectivity index (χ0n) is 12.3. The van der Waals surface area contributed by atoms with Crippen LogP contribution in [0, 0.1) is 0 Å². The first kappa shape index (κ1) is 14.5. The predicted octanol–water partition coefficient (Wildman–Crippen LogP) is -0.181. The summed E-state index contributed by atoms with van der Waals surface area (Å²) >= 11 is 0. The summed E-state index contributed by atoms with van der Waals surface area (Å²) in [7, 11) is 1.69. The first-order valence-electron chi connectivity index (χ1n) is 7.27. The standard InChI is InChI=1S/C15H18N4O3/c1-18-13-9(7-8-16)3-2-4-10(13)19(15(18)22)11-5-6-12(20)17-14(11)21/h2-4,11H,5-8,16H2,1H3,(H,17,20,21). The number of para-hydroxylation sites is 1. The van der Waals surface area contributed by atoms with Gasteiger partial charge in [-0.3, -0.25) is 24.0 Å². The summed E-state index contributed by atoms with van der Waals surface area (Å²) in [6.07, 6.45) is 1.23. The lowest BCUT2D eigenvalue weighted by Gasteiger charge is -2.21. The molecule has 1 aliphatic heterocycles. The quantitative estimate of drug-likeness (QED) is 0.768. The lowest BCUT2D eigenvalue weighted by molar-refractivity contribution is -0.135. The summed E-state index contributed by atoms with van der Waals surface area (Å²) in [4.78, 5) is 36.0. The number of rotatable bonds is 3. The van der Waals surface area contributed by atoms with E-state index < -0.39 is 11.9 Å². The molecule has 0 radical (unpaired) electrons. The highest BCUT2D eigenvalue weighted by Crippen LogP contribution is 2.24. The van der Waals surface area contributed by atoms with Gasteiger partial charge in [0.05, 0.1) is 11.0 Å². The Kier molecular flexibility index (Phi) is 3.58. The third kappa shape index (κ3) is 2.14. The van der Waals surface area contributed by atoms with E-state index in [1.165, 1.54) is 4.57 Å². The van der Waals surface area contributed by atoms with Crippen LogP contribution in [0.1, 0.15) is 24.4 Å². The molecule has 3 N–H and O–H groups in total. The Morgan fingerprint density at radius 3 is 2.77 bits per heavy atom. The Morgan fingerprint density at radius 1 is 1.32 bits per heavy atom. The van der Waals surface area contributed by atoms with Gasteiger partial charge >= 0.3 is 5.69 Å². The number of aromatic nitrogens is 2. The molecule has 22 heavy (non-hydrogen) atoms. The van der Waals surface area contributed by atoms with Crippen LogP contribution >= 0.6 is 0 Å². The summed E-state index contributed by atoms with van der Waals surface area (Å²) in [5.41, 5.74) is 7.85. The van der Waals surface area contributed by atoms with E-state index in [-0.39, 0.29) is 18.0 Å². The molecule has 2 heterocycles. The maximum Gasteiger partial charge on any atom is 0.329 e. The first-order chi connectivity index (χ1) is 10.5. The van der Waals surface area contributed by atoms with Crippen molar-refractivity contribution in [2.24, 2.45) is 12.8 Å². The van der Waals surface area contributed by atoms with Gasteiger partial charge < -0.3 is 5.73 Å². The van der Waals surface area contributed by atoms with Crippen molar-refractivity contribution in [1.82, 2.24) is 14.5 Å². The van der Waals surface area contributed by atoms with Crippen molar-refractivity contribution in [2.45, 2.75) is 25.3 Å². The Hall–Kier alpha value is -2.41. The van der Waals surface area contributed by atoms with Gasteiger partial charge in [0.25, 0.3) is 0 Å². The second-order valence-corrected chi connectivity index (χ2v) is 5.50. The molecule has 7 nitrogen and oxygen atoms in total. The fourth-order valence-corrected chi connectivity index (χ4v) is 3.11. The highest BCUT2D eigenvalue weighted by atomic mass is 16.2. The van der Waals surface area contributed by atoms with Crippen LogP contribution in [-0.2, 0) is 23.1 Å². The van der Waals surface area contributed by atoms with Crippen LogP contribution in [0.25, 0.3) is 11.0 Å². The number of imidazole rings is 1. The van der Waals surface area contributed by atoms with Gasteiger partial charge in [0.2, 0.25) is 11.8 Å². The SMILES string of the molecule is Cn1c(=O)n(C2CCC(=O)NC2=O)c2cccc(CCN)c21. The fourth-order valence-electron chi connectivity index (χ4n) is 3.11. The number of fused-ring (bicyclic) bond motifs is 1. The van der Waals surface area contributed by atoms with Crippen LogP contribution in [0.2, 0.25) is 0 Å². The Bertz CT molecular complexity index is 818. The molecular weight excluding hydrogens is 284 g/mol. The summed E-state index contributed by atoms with van der Waals surface area (Å²) in [6, 6.07) is 4.96. The van der Waals surface area contributed by atoms with Crippen molar-refractivity contribution in [3.63, 3.8) is 0 Å². The summed E-state index contributed by atoms with van der Waals surface area (Å²) in [6.45, 7) is 0.483. The highest BCUT2D eigenvalue weighted by Gasteiger charge is 2.31. The third-order valence-corrected chi connectivity index (χ3v) is 4.12. The van der Waals surface area contributed by atoms with Crippen LogP contribution in [-0.4, -0.2) is 27.5 Å². The number of hydrogen-bond donors (Lipinski definition) is 2. The molecule has 0 aliphatic carbocycles. The van der Waals surface area contributed by atoms with E-state index in [1.807, 2.05) is 18.2 Å². The fraction of sp³-hybridized carbons (Fsp3) is 0.400. The number of nitrogens with one attached hydrogen (secondary N) is 1. The van der Waals surface area contributed by atoms with Crippen molar-refractivity contribution in [1.29, 1.82) is 0 Å². The zero-order chi connectivity index (χ0) is 15.9. The number of imide groups is 1. The molecule has 1 aromatic carbocycles. The van der Waals surface area contributed by atoms with Gasteiger partial charge in [0, 0.05) is 13.5 Å². The zero-order valence-corrected chi connectivity index (χ0v) is 12.3. The number of aryl methyl sites for hydroxylation is 1. The van der Waals surface area contributed by atoms with Gasteiger partial charge in [-0.15, -0.1) is 0 Å². The minimum Gasteiger partial charge on any atom is -0.330 e. The number of hydrogen-bond acceptors (Lipinski definition) is 4. The molecule has 0 saturated carbocycles. The molecule has 1 fully saturated rings. The molecule has 7 heteroatoms. The largest absolute Gasteiger partial charge is 0.330 e. The first-order valence-corrected chi connectivity index (χ1v) is 7.27. The number of benzene rings is 1. The summed E-state index contributed by atoms with van der Waals surface area (Å²) < 4.78 is 3.03. The normalized spacial score (nSPS) is 18.7. The van der Waals surface area contributed by atoms with E-state index in [9.17, 15) is 14.4 Å². The van der Waals surface area contributed by atoms with Crippen LogP contribution in [0.15, 0.2) is 23.0 Å². The van der Waals surface area contributed by atoms with E-state index >= 15 is 0 Å². The molecule has 1 aliphatic rings. The van der Waals surface area contributed by atoms with Crippen molar-refractivity contribution in [2.75, 3.05) is 6.54 Å². The molecule has 1 aromatic heterocycles. The minimum absolute atomic E-state index is 0.238. The van der Waals surface area contributed by atoms with Crippen molar-refractivity contribution in [3.05, 3.63) is 34.2 Å². The topological polar surface area (TPSA) is 99.1 Å². The summed E-state index contributed by atoms with van der Waals surface area (Å²) in [5, 5.41) is 2.30. The molecule has 2 amide bonds. The monoisotopic (exact) mass is 302 g/mol. The lowest BCUT2D eigenvalue weighted by atomic mass is 10.1. The number of nitrogens with two attached hydrogens (primary N) is 1. The van der Waals surface area contributed by atoms with E-state index in [4.69, 9.17) is 5.73 Å². The van der Waals surface area contributed by atoms with Crippen molar-refractivity contribution >= 4 is 22.8 Å². The molecule has 2 aromatic rings. The lowest BCUT2D eigenvalue weighted by Crippen LogP contribution is -2.44. The van der Waals surface area contributed by atoms with Gasteiger partial charge in [-0.05, 0) is 31.0 Å². The van der Waals surface area contributed by atoms with Gasteiger partial charge in [0.15, 0.2) is 0 Å². The van der Waals surface area contributed by atoms with Gasteiger partial charge in [-0.1, -0.05) is 12.1 Å². The smallest absolute Gasteiger partial charge is 0.329 e. The van der Waals surface area contributed by atoms with E-state index in [0.29, 0.717) is 24.9 Å². The second-order valence-electron chi connectivity index (χ2n) is 5.50. The molecule has 116 valence electrons. The van der Waals surface area contributed by atoms with E-state index in [1.54, 1.807) is 11.6 Å². The highest BCUT2D eigenvalue weighted by molar-refractivity contribution is 6.00. The van der Waals surface area contributed by atoms with Crippen LogP contribution in [0.3, 0.4) is 0 Å². The van der Waals surface area contributed by atoms with Gasteiger partial charge in [-0.2, -0.15) is 0 Å². The minimum atomic E-state index is -0.651. The second kappa shape index (κ2) is 5.42. The number of piperidine rings is 1. The van der Waals surface area contributed by atoms with Crippen LogP contribution < -0.4 is 16.7 Å². The van der Waals surface area contributed by atoms with Crippen molar-refractivity contribution in [3.8, 4) is 0 Å². The van der Waals surface area contributed by atoms with E-state index in [2.05, 4.69) is 5.32 Å². The molecule has 1 atom stereocenters. The number of nitrogens with zero attached hydrogens (tertiary/aromatic N) is 2. The molecule has 0 spiro atoms. The number of carbonyl (C=O) groups excluding carboxylic acids is 2. The predicted molar refractivity (Wildman–Crippen MR) is 81.4 cm³/mol. The average Bonchev–Trinajstić information content (AvgIpc) is 2.73. The Morgan fingerprint density at radius 2 is 2.09 bits per heavy atom. The number of carbonyl (C=O) groups is 2. The molecule has 1 unspecified atom stereocenters. The summed E-state index contributed by atoms with van der Waals surface area (Å²) in [5.74, 6) is -0.714. The Balaban J connectivity index is 2.21. The van der Waals surface area contributed by atoms with Crippen LogP contribution in [0.4, 0.5) is 0 Å². The maximum absolute atomic E-state index is 12.6. The molecule has 1 saturated heterocycles. The molecule has 3 rings (SSSR count). The molecular formula is C15H18N4O3. The van der Waals surface area contributed by atoms with Crippen molar-refractivity contribution < 1.29 is 9.59 Å². The third-order valence-electron chi connectivity index (χ3n) is 4.12. The maximum atomic E-state index is 12.6. The van der Waals surface area contributed by atoms with Gasteiger partial charge in [-0.25, -0.2) is 4.79 Å². The Labute approximate surface area is 126 Å². The van der Waals surface area contributed by atoms with Crippen LogP contribution in [0.5, 0.6) is 0 Å².